The van der Waals surface area contributed by atoms with Gasteiger partial charge in [0.1, 0.15) is 0 Å². The average Bonchev–Trinajstić information content (AvgIpc) is 2.51. The Morgan fingerprint density at radius 1 is 1.77 bits per heavy atom. The fourth-order valence-corrected chi connectivity index (χ4v) is 0.897. The van der Waals surface area contributed by atoms with Crippen LogP contribution in [0.3, 0.4) is 0 Å². The van der Waals surface area contributed by atoms with E-state index in [1.807, 2.05) is 22.9 Å². The first kappa shape index (κ1) is 9.47. The second-order valence-corrected chi connectivity index (χ2v) is 2.70. The molecule has 0 aliphatic rings. The zero-order valence-corrected chi connectivity index (χ0v) is 7.79. The molecule has 5 heteroatoms. The van der Waals surface area contributed by atoms with Crippen molar-refractivity contribution in [3.05, 3.63) is 30.6 Å². The Kier molecular flexibility index (Phi) is 3.22. The van der Waals surface area contributed by atoms with Crippen LogP contribution in [0.4, 0.5) is 0 Å². The molecule has 3 N–H and O–H groups in total. The van der Waals surface area contributed by atoms with E-state index in [9.17, 15) is 0 Å². The van der Waals surface area contributed by atoms with E-state index in [1.54, 1.807) is 12.4 Å². The minimum atomic E-state index is 0.146. The van der Waals surface area contributed by atoms with Crippen LogP contribution in [0, 0.1) is 0 Å². The average molecular weight is 194 g/mol. The molecule has 0 aromatic carbocycles. The molecule has 0 bridgehead atoms. The molecule has 0 atom stereocenters. The Labute approximate surface area is 81.7 Å². The summed E-state index contributed by atoms with van der Waals surface area (Å²) in [5.74, 6) is 0. The Morgan fingerprint density at radius 2 is 2.54 bits per heavy atom. The molecule has 0 saturated carbocycles. The quantitative estimate of drug-likeness (QED) is 0.424. The number of hydrogen-bond acceptors (Lipinski definition) is 2. The van der Waals surface area contributed by atoms with Gasteiger partial charge in [-0.1, -0.05) is 6.58 Å². The van der Waals surface area contributed by atoms with Gasteiger partial charge in [-0.25, -0.2) is 0 Å². The van der Waals surface area contributed by atoms with Crippen LogP contribution in [0.15, 0.2) is 30.0 Å². The molecular formula is C8H10N4S. The smallest absolute Gasteiger partial charge is 0.184 e. The molecule has 0 radical (unpaired) electrons. The van der Waals surface area contributed by atoms with Crippen molar-refractivity contribution in [3.8, 4) is 0 Å². The Bertz CT molecular complexity index is 340. The highest BCUT2D eigenvalue weighted by molar-refractivity contribution is 7.80. The van der Waals surface area contributed by atoms with Gasteiger partial charge in [-0.3, -0.25) is 5.43 Å². The molecule has 1 aromatic rings. The lowest BCUT2D eigenvalue weighted by Crippen LogP contribution is -2.24. The van der Waals surface area contributed by atoms with Crippen LogP contribution >= 0.6 is 12.2 Å². The minimum Gasteiger partial charge on any atom is -0.375 e. The number of nitrogens with two attached hydrogens (primary N) is 1. The number of nitrogens with zero attached hydrogens (tertiary/aromatic N) is 2. The SMILES string of the molecule is C=Cn1cccc1/C=N/NC(N)=S. The lowest BCUT2D eigenvalue weighted by Gasteiger charge is -1.96. The van der Waals surface area contributed by atoms with Gasteiger partial charge in [-0.2, -0.15) is 5.10 Å². The second-order valence-electron chi connectivity index (χ2n) is 2.26. The lowest BCUT2D eigenvalue weighted by molar-refractivity contribution is 1.03. The molecule has 0 saturated heterocycles. The summed E-state index contributed by atoms with van der Waals surface area (Å²) in [7, 11) is 0. The Hall–Kier alpha value is -1.62. The van der Waals surface area contributed by atoms with Crippen molar-refractivity contribution < 1.29 is 0 Å². The van der Waals surface area contributed by atoms with E-state index >= 15 is 0 Å². The number of rotatable bonds is 3. The van der Waals surface area contributed by atoms with Crippen LogP contribution < -0.4 is 11.2 Å². The van der Waals surface area contributed by atoms with Gasteiger partial charge in [0.15, 0.2) is 5.11 Å². The van der Waals surface area contributed by atoms with Crippen LogP contribution in [0.25, 0.3) is 6.20 Å². The number of hydrazone groups is 1. The highest BCUT2D eigenvalue weighted by atomic mass is 32.1. The van der Waals surface area contributed by atoms with E-state index < -0.39 is 0 Å². The lowest BCUT2D eigenvalue weighted by atomic mass is 10.5. The van der Waals surface area contributed by atoms with Crippen molar-refractivity contribution >= 4 is 29.7 Å². The van der Waals surface area contributed by atoms with Crippen molar-refractivity contribution in [2.75, 3.05) is 0 Å². The van der Waals surface area contributed by atoms with Gasteiger partial charge in [0.25, 0.3) is 0 Å². The van der Waals surface area contributed by atoms with Crippen molar-refractivity contribution in [1.29, 1.82) is 0 Å². The van der Waals surface area contributed by atoms with Gasteiger partial charge in [0.2, 0.25) is 0 Å². The first-order chi connectivity index (χ1) is 6.24. The highest BCUT2D eigenvalue weighted by Gasteiger charge is 1.91. The molecule has 13 heavy (non-hydrogen) atoms. The molecule has 0 fully saturated rings. The normalized spacial score (nSPS) is 10.2. The summed E-state index contributed by atoms with van der Waals surface area (Å²) in [5.41, 5.74) is 8.55. The van der Waals surface area contributed by atoms with E-state index in [0.717, 1.165) is 5.69 Å². The van der Waals surface area contributed by atoms with Crippen LogP contribution in [0.5, 0.6) is 0 Å². The van der Waals surface area contributed by atoms with Gasteiger partial charge in [0, 0.05) is 12.4 Å². The van der Waals surface area contributed by atoms with Gasteiger partial charge in [-0.05, 0) is 24.4 Å². The third-order valence-electron chi connectivity index (χ3n) is 1.38. The Morgan fingerprint density at radius 3 is 3.15 bits per heavy atom. The fraction of sp³-hybridized carbons (Fsp3) is 0. The molecule has 0 unspecified atom stereocenters. The predicted molar refractivity (Wildman–Crippen MR) is 58.3 cm³/mol. The predicted octanol–water partition coefficient (Wildman–Crippen LogP) is 0.756. The largest absolute Gasteiger partial charge is 0.375 e. The molecule has 1 rings (SSSR count). The van der Waals surface area contributed by atoms with Gasteiger partial charge < -0.3 is 10.3 Å². The number of thiocarbonyl (C=S) groups is 1. The molecule has 0 aliphatic carbocycles. The van der Waals surface area contributed by atoms with Crippen LogP contribution in [0.2, 0.25) is 0 Å². The second kappa shape index (κ2) is 4.42. The third-order valence-corrected chi connectivity index (χ3v) is 1.47. The van der Waals surface area contributed by atoms with Gasteiger partial charge >= 0.3 is 0 Å². The summed E-state index contributed by atoms with van der Waals surface area (Å²) in [5, 5.41) is 3.96. The van der Waals surface area contributed by atoms with E-state index in [-0.39, 0.29) is 5.11 Å². The van der Waals surface area contributed by atoms with Crippen molar-refractivity contribution in [3.63, 3.8) is 0 Å². The van der Waals surface area contributed by atoms with Crippen LogP contribution in [0.1, 0.15) is 5.69 Å². The van der Waals surface area contributed by atoms with Gasteiger partial charge in [-0.15, -0.1) is 0 Å². The maximum atomic E-state index is 5.18. The van der Waals surface area contributed by atoms with Crippen LogP contribution in [-0.4, -0.2) is 15.9 Å². The standard InChI is InChI=1S/C8H10N4S/c1-2-12-5-3-4-7(12)6-10-11-8(9)13/h2-6H,1H2,(H3,9,11,13)/b10-6+. The molecule has 1 aromatic heterocycles. The first-order valence-electron chi connectivity index (χ1n) is 3.62. The molecular weight excluding hydrogens is 184 g/mol. The van der Waals surface area contributed by atoms with Crippen molar-refractivity contribution in [2.24, 2.45) is 10.8 Å². The summed E-state index contributed by atoms with van der Waals surface area (Å²) in [6.45, 7) is 3.64. The fourth-order valence-electron chi connectivity index (χ4n) is 0.844. The zero-order chi connectivity index (χ0) is 9.68. The van der Waals surface area contributed by atoms with E-state index in [2.05, 4.69) is 29.3 Å². The van der Waals surface area contributed by atoms with Crippen molar-refractivity contribution in [1.82, 2.24) is 9.99 Å². The number of aromatic nitrogens is 1. The summed E-state index contributed by atoms with van der Waals surface area (Å²) in [6.07, 6.45) is 5.16. The Balaban J connectivity index is 2.67. The van der Waals surface area contributed by atoms with E-state index in [4.69, 9.17) is 5.73 Å². The summed E-state index contributed by atoms with van der Waals surface area (Å²) < 4.78 is 1.82. The molecule has 4 nitrogen and oxygen atoms in total. The maximum absolute atomic E-state index is 5.18. The molecule has 1 heterocycles. The monoisotopic (exact) mass is 194 g/mol. The molecule has 68 valence electrons. The summed E-state index contributed by atoms with van der Waals surface area (Å²) >= 11 is 4.58. The topological polar surface area (TPSA) is 55.3 Å². The first-order valence-corrected chi connectivity index (χ1v) is 4.03. The molecule has 0 aliphatic heterocycles. The summed E-state index contributed by atoms with van der Waals surface area (Å²) in [6, 6.07) is 3.79. The van der Waals surface area contributed by atoms with Crippen LogP contribution in [-0.2, 0) is 0 Å². The number of nitrogens with one attached hydrogen (secondary N) is 1. The number of hydrogen-bond donors (Lipinski definition) is 2. The highest BCUT2D eigenvalue weighted by Crippen LogP contribution is 1.98. The zero-order valence-electron chi connectivity index (χ0n) is 6.97. The molecule has 0 amide bonds. The molecule has 0 spiro atoms. The summed E-state index contributed by atoms with van der Waals surface area (Å²) in [4.78, 5) is 0. The third kappa shape index (κ3) is 2.72. The van der Waals surface area contributed by atoms with E-state index in [1.165, 1.54) is 0 Å². The van der Waals surface area contributed by atoms with Crippen molar-refractivity contribution in [2.45, 2.75) is 0 Å². The minimum absolute atomic E-state index is 0.146. The van der Waals surface area contributed by atoms with E-state index in [0.29, 0.717) is 0 Å². The maximum Gasteiger partial charge on any atom is 0.184 e. The van der Waals surface area contributed by atoms with Gasteiger partial charge in [0.05, 0.1) is 11.9 Å².